The summed E-state index contributed by atoms with van der Waals surface area (Å²) in [6.45, 7) is 0. The Balaban J connectivity index is 1.50. The van der Waals surface area contributed by atoms with Gasteiger partial charge in [0.15, 0.2) is 0 Å². The third kappa shape index (κ3) is 2.78. The minimum absolute atomic E-state index is 0.934. The van der Waals surface area contributed by atoms with Gasteiger partial charge >= 0.3 is 0 Å². The Morgan fingerprint density at radius 2 is 1.15 bits per heavy atom. The smallest absolute Gasteiger partial charge is 0.138 e. The summed E-state index contributed by atoms with van der Waals surface area (Å²) in [4.78, 5) is 5.19. The van der Waals surface area contributed by atoms with Gasteiger partial charge in [0.1, 0.15) is 5.82 Å². The first-order valence-corrected chi connectivity index (χ1v) is 13.4. The summed E-state index contributed by atoms with van der Waals surface area (Å²) in [6, 6.07) is 48.1. The molecule has 9 rings (SSSR count). The van der Waals surface area contributed by atoms with E-state index >= 15 is 0 Å². The molecular formula is C37H22N2. The predicted octanol–water partition coefficient (Wildman–Crippen LogP) is 9.80. The van der Waals surface area contributed by atoms with E-state index in [9.17, 15) is 0 Å². The topological polar surface area (TPSA) is 17.8 Å². The lowest BCUT2D eigenvalue weighted by Gasteiger charge is -2.15. The lowest BCUT2D eigenvalue weighted by Crippen LogP contribution is -1.99. The molecule has 0 amide bonds. The number of rotatable bonds is 2. The lowest BCUT2D eigenvalue weighted by molar-refractivity contribution is 1.08. The summed E-state index contributed by atoms with van der Waals surface area (Å²) >= 11 is 0. The van der Waals surface area contributed by atoms with Crippen LogP contribution in [0.1, 0.15) is 0 Å². The molecule has 0 bridgehead atoms. The third-order valence-corrected chi connectivity index (χ3v) is 8.32. The Bertz CT molecular complexity index is 2270. The summed E-state index contributed by atoms with van der Waals surface area (Å²) in [5, 5.41) is 7.79. The van der Waals surface area contributed by atoms with E-state index in [1.807, 2.05) is 6.07 Å². The van der Waals surface area contributed by atoms with E-state index in [2.05, 4.69) is 132 Å². The first-order chi connectivity index (χ1) is 19.4. The van der Waals surface area contributed by atoms with Crippen LogP contribution >= 0.6 is 0 Å². The molecule has 180 valence electrons. The molecule has 1 aliphatic rings. The first-order valence-electron chi connectivity index (χ1n) is 13.4. The summed E-state index contributed by atoms with van der Waals surface area (Å²) in [5.41, 5.74) is 9.61. The Morgan fingerprint density at radius 3 is 2.05 bits per heavy atom. The molecule has 0 N–H and O–H groups in total. The van der Waals surface area contributed by atoms with Crippen LogP contribution in [0.25, 0.3) is 82.7 Å². The monoisotopic (exact) mass is 494 g/mol. The molecule has 0 fully saturated rings. The van der Waals surface area contributed by atoms with Crippen molar-refractivity contribution in [2.45, 2.75) is 0 Å². The minimum atomic E-state index is 0.934. The standard InChI is InChI=1S/C37H22N2/c1-2-10-23(11-3-1)31-17-9-19-34(38-31)39-32-18-8-16-28-26-14-6-7-15-27(26)30-22-24-12-4-5-13-25(24)29-20-21-33(39)37(35(29)30)36(28)32/h1-22H. The molecule has 39 heavy (non-hydrogen) atoms. The second-order valence-electron chi connectivity index (χ2n) is 10.4. The van der Waals surface area contributed by atoms with Crippen molar-refractivity contribution < 1.29 is 0 Å². The van der Waals surface area contributed by atoms with E-state index in [0.29, 0.717) is 0 Å². The maximum Gasteiger partial charge on any atom is 0.138 e. The zero-order valence-corrected chi connectivity index (χ0v) is 21.1. The maximum atomic E-state index is 5.19. The Hall–Kier alpha value is -5.21. The summed E-state index contributed by atoms with van der Waals surface area (Å²) in [7, 11) is 0. The molecule has 2 heteroatoms. The molecule has 0 atom stereocenters. The number of aromatic nitrogens is 2. The number of nitrogens with zero attached hydrogens (tertiary/aromatic N) is 2. The SMILES string of the molecule is c1ccc(-c2cccc(-n3c4cccc5c4c4c6c(cc7ccccc7c6ccc43)-c3ccccc3-5)n2)cc1. The second kappa shape index (κ2) is 7.66. The number of hydrogen-bond acceptors (Lipinski definition) is 1. The molecule has 0 spiro atoms. The van der Waals surface area contributed by atoms with Crippen molar-refractivity contribution in [2.24, 2.45) is 0 Å². The van der Waals surface area contributed by atoms with E-state index in [1.54, 1.807) is 0 Å². The highest BCUT2D eigenvalue weighted by Crippen LogP contribution is 2.50. The van der Waals surface area contributed by atoms with E-state index in [-0.39, 0.29) is 0 Å². The minimum Gasteiger partial charge on any atom is -0.294 e. The number of hydrogen-bond donors (Lipinski definition) is 0. The van der Waals surface area contributed by atoms with Crippen LogP contribution in [0.15, 0.2) is 133 Å². The molecule has 0 saturated heterocycles. The molecule has 1 aliphatic carbocycles. The Kier molecular flexibility index (Phi) is 4.08. The van der Waals surface area contributed by atoms with Crippen LogP contribution in [0.3, 0.4) is 0 Å². The van der Waals surface area contributed by atoms with Gasteiger partial charge in [-0.1, -0.05) is 103 Å². The average molecular weight is 495 g/mol. The summed E-state index contributed by atoms with van der Waals surface area (Å²) in [6.07, 6.45) is 0. The zero-order chi connectivity index (χ0) is 25.5. The van der Waals surface area contributed by atoms with Crippen molar-refractivity contribution in [2.75, 3.05) is 0 Å². The molecule has 0 saturated carbocycles. The van der Waals surface area contributed by atoms with Gasteiger partial charge in [0, 0.05) is 21.7 Å². The quantitative estimate of drug-likeness (QED) is 0.219. The van der Waals surface area contributed by atoms with Crippen molar-refractivity contribution in [1.82, 2.24) is 9.55 Å². The molecule has 8 aromatic rings. The summed E-state index contributed by atoms with van der Waals surface area (Å²) in [5.74, 6) is 0.934. The van der Waals surface area contributed by atoms with Gasteiger partial charge in [-0.15, -0.1) is 0 Å². The Labute approximate surface area is 225 Å². The van der Waals surface area contributed by atoms with Crippen LogP contribution in [0.4, 0.5) is 0 Å². The van der Waals surface area contributed by atoms with Gasteiger partial charge in [0.2, 0.25) is 0 Å². The fourth-order valence-electron chi connectivity index (χ4n) is 6.70. The second-order valence-corrected chi connectivity index (χ2v) is 10.4. The average Bonchev–Trinajstić information content (AvgIpc) is 3.29. The van der Waals surface area contributed by atoms with Gasteiger partial charge in [0.05, 0.1) is 16.7 Å². The van der Waals surface area contributed by atoms with Crippen LogP contribution in [-0.4, -0.2) is 9.55 Å². The molecular weight excluding hydrogens is 472 g/mol. The number of fused-ring (bicyclic) bond motifs is 5. The number of pyridine rings is 1. The highest BCUT2D eigenvalue weighted by atomic mass is 15.1. The third-order valence-electron chi connectivity index (χ3n) is 8.32. The maximum absolute atomic E-state index is 5.19. The van der Waals surface area contributed by atoms with Crippen LogP contribution in [0, 0.1) is 0 Å². The van der Waals surface area contributed by atoms with Crippen molar-refractivity contribution in [3.63, 3.8) is 0 Å². The van der Waals surface area contributed by atoms with Crippen molar-refractivity contribution in [1.29, 1.82) is 0 Å². The van der Waals surface area contributed by atoms with E-state index < -0.39 is 0 Å². The zero-order valence-electron chi connectivity index (χ0n) is 21.1. The number of benzene rings is 6. The predicted molar refractivity (Wildman–Crippen MR) is 163 cm³/mol. The highest BCUT2D eigenvalue weighted by Gasteiger charge is 2.25. The normalized spacial score (nSPS) is 12.1. The summed E-state index contributed by atoms with van der Waals surface area (Å²) < 4.78 is 2.35. The first kappa shape index (κ1) is 20.8. The van der Waals surface area contributed by atoms with Crippen LogP contribution < -0.4 is 0 Å². The van der Waals surface area contributed by atoms with Crippen molar-refractivity contribution in [3.05, 3.63) is 133 Å². The lowest BCUT2D eigenvalue weighted by atomic mass is 9.90. The van der Waals surface area contributed by atoms with E-state index in [1.165, 1.54) is 65.6 Å². The Morgan fingerprint density at radius 1 is 0.436 bits per heavy atom. The molecule has 0 aliphatic heterocycles. The molecule has 2 heterocycles. The van der Waals surface area contributed by atoms with E-state index in [4.69, 9.17) is 4.98 Å². The van der Waals surface area contributed by atoms with Crippen LogP contribution in [-0.2, 0) is 0 Å². The molecule has 2 nitrogen and oxygen atoms in total. The van der Waals surface area contributed by atoms with Gasteiger partial charge in [-0.25, -0.2) is 4.98 Å². The fourth-order valence-corrected chi connectivity index (χ4v) is 6.70. The largest absolute Gasteiger partial charge is 0.294 e. The van der Waals surface area contributed by atoms with Gasteiger partial charge < -0.3 is 0 Å². The van der Waals surface area contributed by atoms with Crippen molar-refractivity contribution in [3.8, 4) is 39.3 Å². The van der Waals surface area contributed by atoms with Crippen LogP contribution in [0.2, 0.25) is 0 Å². The van der Waals surface area contributed by atoms with Gasteiger partial charge in [0.25, 0.3) is 0 Å². The molecule has 0 unspecified atom stereocenters. The molecule has 6 aromatic carbocycles. The van der Waals surface area contributed by atoms with Crippen LogP contribution in [0.5, 0.6) is 0 Å². The van der Waals surface area contributed by atoms with E-state index in [0.717, 1.165) is 17.1 Å². The van der Waals surface area contributed by atoms with Crippen molar-refractivity contribution >= 4 is 43.4 Å². The molecule has 2 aromatic heterocycles. The van der Waals surface area contributed by atoms with Gasteiger partial charge in [-0.05, 0) is 68.7 Å². The fraction of sp³-hybridized carbons (Fsp3) is 0. The molecule has 0 radical (unpaired) electrons. The van der Waals surface area contributed by atoms with Gasteiger partial charge in [-0.3, -0.25) is 4.57 Å². The highest BCUT2D eigenvalue weighted by molar-refractivity contribution is 6.33. The van der Waals surface area contributed by atoms with Gasteiger partial charge in [-0.2, -0.15) is 0 Å².